The highest BCUT2D eigenvalue weighted by Gasteiger charge is 2.05. The van der Waals surface area contributed by atoms with Crippen molar-refractivity contribution >= 4 is 40.4 Å². The fraction of sp³-hybridized carbons (Fsp3) is 0.300. The quantitative estimate of drug-likeness (QED) is 0.847. The smallest absolute Gasteiger partial charge is 0.0870 e. The molecule has 0 amide bonds. The standard InChI is InChI=1S/C10H12Cl2N2S/c1-14(6-10(13)15)5-7-4-8(11)2-3-9(7)12/h2-4H,5-6H2,1H3,(H2,13,15). The highest BCUT2D eigenvalue weighted by molar-refractivity contribution is 7.80. The number of thiocarbonyl (C=S) groups is 1. The molecule has 1 aromatic carbocycles. The molecule has 15 heavy (non-hydrogen) atoms. The number of hydrogen-bond acceptors (Lipinski definition) is 2. The lowest BCUT2D eigenvalue weighted by atomic mass is 10.2. The largest absolute Gasteiger partial charge is 0.392 e. The molecular formula is C10H12Cl2N2S. The number of hydrogen-bond donors (Lipinski definition) is 1. The van der Waals surface area contributed by atoms with Crippen molar-refractivity contribution in [2.75, 3.05) is 13.6 Å². The molecule has 2 N–H and O–H groups in total. The van der Waals surface area contributed by atoms with Gasteiger partial charge < -0.3 is 5.73 Å². The molecule has 0 aromatic heterocycles. The van der Waals surface area contributed by atoms with Gasteiger partial charge >= 0.3 is 0 Å². The van der Waals surface area contributed by atoms with E-state index in [0.717, 1.165) is 5.56 Å². The maximum absolute atomic E-state index is 6.03. The van der Waals surface area contributed by atoms with Gasteiger partial charge in [0.2, 0.25) is 0 Å². The van der Waals surface area contributed by atoms with Crippen LogP contribution in [-0.2, 0) is 6.54 Å². The molecule has 82 valence electrons. The summed E-state index contributed by atoms with van der Waals surface area (Å²) in [6.07, 6.45) is 0. The first-order chi connectivity index (χ1) is 6.99. The van der Waals surface area contributed by atoms with Gasteiger partial charge in [-0.1, -0.05) is 35.4 Å². The van der Waals surface area contributed by atoms with Crippen molar-refractivity contribution in [1.29, 1.82) is 0 Å². The van der Waals surface area contributed by atoms with E-state index >= 15 is 0 Å². The third-order valence-corrected chi connectivity index (χ3v) is 2.61. The molecule has 0 fully saturated rings. The summed E-state index contributed by atoms with van der Waals surface area (Å²) in [7, 11) is 1.93. The first-order valence-corrected chi connectivity index (χ1v) is 5.56. The van der Waals surface area contributed by atoms with Gasteiger partial charge in [0.05, 0.1) is 4.99 Å². The van der Waals surface area contributed by atoms with Crippen molar-refractivity contribution in [3.63, 3.8) is 0 Å². The summed E-state index contributed by atoms with van der Waals surface area (Å²) in [6.45, 7) is 1.24. The van der Waals surface area contributed by atoms with Crippen LogP contribution in [0.4, 0.5) is 0 Å². The maximum Gasteiger partial charge on any atom is 0.0870 e. The van der Waals surface area contributed by atoms with Gasteiger partial charge in [0.25, 0.3) is 0 Å². The Kier molecular flexibility index (Phi) is 4.80. The zero-order valence-corrected chi connectivity index (χ0v) is 10.7. The topological polar surface area (TPSA) is 29.3 Å². The Morgan fingerprint density at radius 2 is 2.13 bits per heavy atom. The summed E-state index contributed by atoms with van der Waals surface area (Å²) in [4.78, 5) is 2.45. The minimum Gasteiger partial charge on any atom is -0.392 e. The number of rotatable bonds is 4. The molecule has 1 aromatic rings. The van der Waals surface area contributed by atoms with Gasteiger partial charge in [-0.2, -0.15) is 0 Å². The molecule has 0 aliphatic rings. The fourth-order valence-electron chi connectivity index (χ4n) is 1.28. The van der Waals surface area contributed by atoms with Crippen LogP contribution in [0.3, 0.4) is 0 Å². The van der Waals surface area contributed by atoms with E-state index in [4.69, 9.17) is 41.2 Å². The summed E-state index contributed by atoms with van der Waals surface area (Å²) < 4.78 is 0. The second-order valence-corrected chi connectivity index (χ2v) is 4.74. The van der Waals surface area contributed by atoms with Crippen molar-refractivity contribution in [2.45, 2.75) is 6.54 Å². The van der Waals surface area contributed by atoms with Crippen LogP contribution in [0, 0.1) is 0 Å². The van der Waals surface area contributed by atoms with Crippen molar-refractivity contribution in [3.05, 3.63) is 33.8 Å². The molecule has 5 heteroatoms. The molecule has 0 spiro atoms. The van der Waals surface area contributed by atoms with E-state index in [-0.39, 0.29) is 0 Å². The summed E-state index contributed by atoms with van der Waals surface area (Å²) >= 11 is 16.7. The van der Waals surface area contributed by atoms with Gasteiger partial charge in [0, 0.05) is 23.1 Å². The average molecular weight is 263 g/mol. The number of benzene rings is 1. The first-order valence-electron chi connectivity index (χ1n) is 4.40. The molecule has 0 saturated carbocycles. The average Bonchev–Trinajstić information content (AvgIpc) is 2.10. The number of likely N-dealkylation sites (N-methyl/N-ethyl adjacent to an activating group) is 1. The lowest BCUT2D eigenvalue weighted by molar-refractivity contribution is 0.375. The van der Waals surface area contributed by atoms with E-state index in [1.165, 1.54) is 0 Å². The molecule has 0 bridgehead atoms. The second-order valence-electron chi connectivity index (χ2n) is 3.37. The molecule has 0 aliphatic heterocycles. The Morgan fingerprint density at radius 3 is 2.73 bits per heavy atom. The minimum absolute atomic E-state index is 0.468. The summed E-state index contributed by atoms with van der Waals surface area (Å²) in [5.41, 5.74) is 6.42. The molecule has 0 atom stereocenters. The Labute approximate surface area is 105 Å². The molecule has 0 heterocycles. The van der Waals surface area contributed by atoms with Gasteiger partial charge in [-0.15, -0.1) is 0 Å². The van der Waals surface area contributed by atoms with Gasteiger partial charge in [0.1, 0.15) is 0 Å². The van der Waals surface area contributed by atoms with Crippen LogP contribution in [0.1, 0.15) is 5.56 Å². The molecule has 2 nitrogen and oxygen atoms in total. The van der Waals surface area contributed by atoms with Crippen LogP contribution in [0.15, 0.2) is 18.2 Å². The minimum atomic E-state index is 0.468. The summed E-state index contributed by atoms with van der Waals surface area (Å²) in [6, 6.07) is 5.40. The van der Waals surface area contributed by atoms with Crippen LogP contribution >= 0.6 is 35.4 Å². The second kappa shape index (κ2) is 5.66. The Morgan fingerprint density at radius 1 is 1.47 bits per heavy atom. The highest BCUT2D eigenvalue weighted by Crippen LogP contribution is 2.21. The van der Waals surface area contributed by atoms with E-state index < -0.39 is 0 Å². The number of nitrogens with zero attached hydrogens (tertiary/aromatic N) is 1. The van der Waals surface area contributed by atoms with Gasteiger partial charge in [0.15, 0.2) is 0 Å². The zero-order valence-electron chi connectivity index (χ0n) is 8.34. The molecule has 0 unspecified atom stereocenters. The number of halogens is 2. The molecule has 0 saturated heterocycles. The van der Waals surface area contributed by atoms with E-state index in [9.17, 15) is 0 Å². The van der Waals surface area contributed by atoms with Crippen LogP contribution in [-0.4, -0.2) is 23.5 Å². The third kappa shape index (κ3) is 4.34. The van der Waals surface area contributed by atoms with Crippen LogP contribution < -0.4 is 5.73 Å². The Bertz CT molecular complexity index is 368. The van der Waals surface area contributed by atoms with E-state index in [0.29, 0.717) is 28.1 Å². The Balaban J connectivity index is 2.71. The summed E-state index contributed by atoms with van der Waals surface area (Å²) in [5.74, 6) is 0. The van der Waals surface area contributed by atoms with Crippen molar-refractivity contribution < 1.29 is 0 Å². The van der Waals surface area contributed by atoms with Crippen LogP contribution in [0.2, 0.25) is 10.0 Å². The lowest BCUT2D eigenvalue weighted by Crippen LogP contribution is -2.29. The Hall–Kier alpha value is -0.350. The zero-order chi connectivity index (χ0) is 11.4. The van der Waals surface area contributed by atoms with Gasteiger partial charge in [-0.05, 0) is 30.8 Å². The normalized spacial score (nSPS) is 10.7. The number of nitrogens with two attached hydrogens (primary N) is 1. The predicted molar refractivity (Wildman–Crippen MR) is 69.6 cm³/mol. The SMILES string of the molecule is CN(CC(N)=S)Cc1cc(Cl)ccc1Cl. The third-order valence-electron chi connectivity index (χ3n) is 1.87. The molecular weight excluding hydrogens is 251 g/mol. The van der Waals surface area contributed by atoms with Crippen LogP contribution in [0.5, 0.6) is 0 Å². The monoisotopic (exact) mass is 262 g/mol. The van der Waals surface area contributed by atoms with Gasteiger partial charge in [-0.3, -0.25) is 4.90 Å². The maximum atomic E-state index is 6.03. The first kappa shape index (κ1) is 12.7. The molecule has 1 rings (SSSR count). The van der Waals surface area contributed by atoms with Crippen molar-refractivity contribution in [2.24, 2.45) is 5.73 Å². The van der Waals surface area contributed by atoms with E-state index in [1.54, 1.807) is 12.1 Å². The van der Waals surface area contributed by atoms with Crippen LogP contribution in [0.25, 0.3) is 0 Å². The van der Waals surface area contributed by atoms with Gasteiger partial charge in [-0.25, -0.2) is 0 Å². The van der Waals surface area contributed by atoms with E-state index in [2.05, 4.69) is 0 Å². The fourth-order valence-corrected chi connectivity index (χ4v) is 1.87. The molecule has 0 aliphatic carbocycles. The van der Waals surface area contributed by atoms with Crippen molar-refractivity contribution in [3.8, 4) is 0 Å². The predicted octanol–water partition coefficient (Wildman–Crippen LogP) is 2.71. The summed E-state index contributed by atoms with van der Waals surface area (Å²) in [5, 5.41) is 1.38. The van der Waals surface area contributed by atoms with E-state index in [1.807, 2.05) is 18.0 Å². The highest BCUT2D eigenvalue weighted by atomic mass is 35.5. The van der Waals surface area contributed by atoms with Crippen molar-refractivity contribution in [1.82, 2.24) is 4.90 Å². The lowest BCUT2D eigenvalue weighted by Gasteiger charge is -2.16. The molecule has 0 radical (unpaired) electrons.